The number of nitrogens with two attached hydrogens (primary N) is 2. The Balaban J connectivity index is 2.44. The smallest absolute Gasteiger partial charge is 0.330 e. The van der Waals surface area contributed by atoms with Gasteiger partial charge in [-0.25, -0.2) is 4.79 Å². The van der Waals surface area contributed by atoms with Gasteiger partial charge in [0.2, 0.25) is 0 Å². The highest BCUT2D eigenvalue weighted by molar-refractivity contribution is 6.01. The number of hydrogen-bond donors (Lipinski definition) is 2. The minimum absolute atomic E-state index is 0.0736. The van der Waals surface area contributed by atoms with E-state index in [-0.39, 0.29) is 12.8 Å². The fourth-order valence-electron chi connectivity index (χ4n) is 1.27. The first kappa shape index (κ1) is 12.6. The van der Waals surface area contributed by atoms with Gasteiger partial charge in [0.25, 0.3) is 11.8 Å². The van der Waals surface area contributed by atoms with Gasteiger partial charge >= 0.3 is 5.97 Å². The van der Waals surface area contributed by atoms with E-state index in [1.54, 1.807) is 0 Å². The molecular weight excluding hydrogens is 214 g/mol. The monoisotopic (exact) mass is 229 g/mol. The normalized spacial score (nSPS) is 17.8. The summed E-state index contributed by atoms with van der Waals surface area (Å²) in [5.41, 5.74) is 10.8. The van der Waals surface area contributed by atoms with Gasteiger partial charge in [-0.3, -0.25) is 9.59 Å². The minimum atomic E-state index is -0.857. The molecule has 1 aliphatic heterocycles. The summed E-state index contributed by atoms with van der Waals surface area (Å²) < 4.78 is 0. The van der Waals surface area contributed by atoms with E-state index in [0.717, 1.165) is 0 Å². The summed E-state index contributed by atoms with van der Waals surface area (Å²) in [6, 6.07) is -0.857. The quantitative estimate of drug-likeness (QED) is 0.564. The van der Waals surface area contributed by atoms with Crippen LogP contribution in [0.5, 0.6) is 0 Å². The molecule has 0 spiro atoms. The number of imide groups is 1. The van der Waals surface area contributed by atoms with Gasteiger partial charge in [-0.05, 0) is 19.4 Å². The Labute approximate surface area is 92.6 Å². The van der Waals surface area contributed by atoms with Crippen LogP contribution in [0.2, 0.25) is 0 Å². The third-order valence-electron chi connectivity index (χ3n) is 2.21. The molecule has 1 atom stereocenters. The van der Waals surface area contributed by atoms with E-state index < -0.39 is 23.8 Å². The van der Waals surface area contributed by atoms with Crippen molar-refractivity contribution in [3.05, 3.63) is 0 Å². The van der Waals surface area contributed by atoms with Crippen molar-refractivity contribution in [1.29, 1.82) is 0 Å². The topological polar surface area (TPSA) is 116 Å². The van der Waals surface area contributed by atoms with Gasteiger partial charge < -0.3 is 16.3 Å². The SMILES string of the molecule is NCCCC(N)C(=O)ON1C(=O)CCC1=O. The zero-order valence-corrected chi connectivity index (χ0v) is 8.85. The van der Waals surface area contributed by atoms with Crippen molar-refractivity contribution in [3.63, 3.8) is 0 Å². The molecule has 16 heavy (non-hydrogen) atoms. The van der Waals surface area contributed by atoms with Gasteiger partial charge in [-0.1, -0.05) is 0 Å². The highest BCUT2D eigenvalue weighted by Gasteiger charge is 2.33. The van der Waals surface area contributed by atoms with Crippen molar-refractivity contribution in [2.45, 2.75) is 31.7 Å². The molecule has 1 fully saturated rings. The maximum Gasteiger partial charge on any atom is 0.349 e. The van der Waals surface area contributed by atoms with Gasteiger partial charge in [0.1, 0.15) is 6.04 Å². The first-order chi connectivity index (χ1) is 7.56. The van der Waals surface area contributed by atoms with Crippen LogP contribution in [0.3, 0.4) is 0 Å². The lowest BCUT2D eigenvalue weighted by molar-refractivity contribution is -0.198. The van der Waals surface area contributed by atoms with Gasteiger partial charge in [0.05, 0.1) is 0 Å². The molecule has 0 aromatic carbocycles. The zero-order valence-electron chi connectivity index (χ0n) is 8.85. The molecule has 0 saturated carbocycles. The largest absolute Gasteiger partial charge is 0.349 e. The second kappa shape index (κ2) is 5.57. The molecule has 0 aromatic heterocycles. The summed E-state index contributed by atoms with van der Waals surface area (Å²) >= 11 is 0. The number of hydrogen-bond acceptors (Lipinski definition) is 6. The van der Waals surface area contributed by atoms with Gasteiger partial charge in [-0.2, -0.15) is 0 Å². The van der Waals surface area contributed by atoms with Crippen LogP contribution in [0.1, 0.15) is 25.7 Å². The summed E-state index contributed by atoms with van der Waals surface area (Å²) in [5, 5.41) is 0.491. The minimum Gasteiger partial charge on any atom is -0.330 e. The van der Waals surface area contributed by atoms with Crippen LogP contribution in [0.15, 0.2) is 0 Å². The fourth-order valence-corrected chi connectivity index (χ4v) is 1.27. The van der Waals surface area contributed by atoms with E-state index in [0.29, 0.717) is 24.4 Å². The van der Waals surface area contributed by atoms with Crippen molar-refractivity contribution in [3.8, 4) is 0 Å². The third-order valence-corrected chi connectivity index (χ3v) is 2.21. The van der Waals surface area contributed by atoms with Crippen LogP contribution in [-0.4, -0.2) is 35.4 Å². The molecule has 0 bridgehead atoms. The van der Waals surface area contributed by atoms with Crippen LogP contribution in [0, 0.1) is 0 Å². The average Bonchev–Trinajstić information content (AvgIpc) is 2.57. The Morgan fingerprint density at radius 3 is 2.44 bits per heavy atom. The maximum atomic E-state index is 11.4. The Bertz CT molecular complexity index is 289. The molecule has 1 unspecified atom stereocenters. The van der Waals surface area contributed by atoms with E-state index >= 15 is 0 Å². The molecule has 90 valence electrons. The Hall–Kier alpha value is -1.47. The number of nitrogens with zero attached hydrogens (tertiary/aromatic N) is 1. The van der Waals surface area contributed by atoms with E-state index in [2.05, 4.69) is 4.84 Å². The second-order valence-corrected chi connectivity index (χ2v) is 3.53. The van der Waals surface area contributed by atoms with Gasteiger partial charge in [-0.15, -0.1) is 5.06 Å². The average molecular weight is 229 g/mol. The van der Waals surface area contributed by atoms with E-state index in [4.69, 9.17) is 11.5 Å². The fraction of sp³-hybridized carbons (Fsp3) is 0.667. The number of amides is 2. The Kier molecular flexibility index (Phi) is 4.39. The molecule has 7 nitrogen and oxygen atoms in total. The van der Waals surface area contributed by atoms with Crippen molar-refractivity contribution in [2.24, 2.45) is 11.5 Å². The number of rotatable bonds is 5. The third kappa shape index (κ3) is 3.01. The van der Waals surface area contributed by atoms with E-state index in [1.165, 1.54) is 0 Å². The van der Waals surface area contributed by atoms with Crippen molar-refractivity contribution in [2.75, 3.05) is 6.54 Å². The summed E-state index contributed by atoms with van der Waals surface area (Å²) in [7, 11) is 0. The number of carbonyl (C=O) groups excluding carboxylic acids is 3. The predicted octanol–water partition coefficient (Wildman–Crippen LogP) is -1.34. The van der Waals surface area contributed by atoms with Crippen molar-refractivity contribution in [1.82, 2.24) is 5.06 Å². The summed E-state index contributed by atoms with van der Waals surface area (Å²) in [6.45, 7) is 0.419. The predicted molar refractivity (Wildman–Crippen MR) is 53.4 cm³/mol. The van der Waals surface area contributed by atoms with Crippen LogP contribution in [0.4, 0.5) is 0 Å². The number of hydroxylamine groups is 2. The lowest BCUT2D eigenvalue weighted by Gasteiger charge is -2.15. The molecule has 7 heteroatoms. The van der Waals surface area contributed by atoms with Crippen LogP contribution in [-0.2, 0) is 19.2 Å². The molecule has 0 aliphatic carbocycles. The van der Waals surface area contributed by atoms with Crippen LogP contribution >= 0.6 is 0 Å². The highest BCUT2D eigenvalue weighted by Crippen LogP contribution is 2.12. The van der Waals surface area contributed by atoms with Gasteiger partial charge in [0, 0.05) is 12.8 Å². The van der Waals surface area contributed by atoms with Crippen molar-refractivity contribution < 1.29 is 19.2 Å². The molecule has 1 heterocycles. The Morgan fingerprint density at radius 1 is 1.38 bits per heavy atom. The summed E-state index contributed by atoms with van der Waals surface area (Å²) in [5.74, 6) is -1.80. The van der Waals surface area contributed by atoms with Crippen molar-refractivity contribution >= 4 is 17.8 Å². The van der Waals surface area contributed by atoms with E-state index in [9.17, 15) is 14.4 Å². The summed E-state index contributed by atoms with van der Waals surface area (Å²) in [4.78, 5) is 38.2. The molecule has 2 amide bonds. The number of carbonyl (C=O) groups is 3. The van der Waals surface area contributed by atoms with Crippen LogP contribution < -0.4 is 11.5 Å². The molecule has 0 radical (unpaired) electrons. The second-order valence-electron chi connectivity index (χ2n) is 3.53. The Morgan fingerprint density at radius 2 is 1.94 bits per heavy atom. The lowest BCUT2D eigenvalue weighted by atomic mass is 10.2. The molecule has 1 aliphatic rings. The molecule has 1 rings (SSSR count). The standard InChI is InChI=1S/C9H15N3O4/c10-5-1-2-6(11)9(15)16-12-7(13)3-4-8(12)14/h6H,1-5,10-11H2. The molecule has 4 N–H and O–H groups in total. The van der Waals surface area contributed by atoms with Gasteiger partial charge in [0.15, 0.2) is 0 Å². The molecule has 1 saturated heterocycles. The first-order valence-electron chi connectivity index (χ1n) is 5.09. The lowest BCUT2D eigenvalue weighted by Crippen LogP contribution is -2.40. The molecule has 0 aromatic rings. The van der Waals surface area contributed by atoms with Crippen LogP contribution in [0.25, 0.3) is 0 Å². The first-order valence-corrected chi connectivity index (χ1v) is 5.09. The molecular formula is C9H15N3O4. The summed E-state index contributed by atoms with van der Waals surface area (Å²) in [6.07, 6.45) is 1.10. The highest BCUT2D eigenvalue weighted by atomic mass is 16.7. The zero-order chi connectivity index (χ0) is 12.1. The maximum absolute atomic E-state index is 11.4. The van der Waals surface area contributed by atoms with E-state index in [1.807, 2.05) is 0 Å².